The lowest BCUT2D eigenvalue weighted by molar-refractivity contribution is -0.129. The van der Waals surface area contributed by atoms with Gasteiger partial charge in [-0.2, -0.15) is 0 Å². The number of amides is 2. The fourth-order valence-electron chi connectivity index (χ4n) is 2.58. The lowest BCUT2D eigenvalue weighted by atomic mass is 9.95. The minimum absolute atomic E-state index is 0. The minimum Gasteiger partial charge on any atom is -0.369 e. The van der Waals surface area contributed by atoms with Gasteiger partial charge in [-0.1, -0.05) is 30.3 Å². The van der Waals surface area contributed by atoms with E-state index in [9.17, 15) is 9.59 Å². The second-order valence-electron chi connectivity index (χ2n) is 5.01. The molecule has 0 spiro atoms. The molecule has 1 aromatic rings. The summed E-state index contributed by atoms with van der Waals surface area (Å²) < 4.78 is 0. The number of rotatable bonds is 5. The Kier molecular flexibility index (Phi) is 5.98. The maximum atomic E-state index is 11.3. The lowest BCUT2D eigenvalue weighted by Crippen LogP contribution is -2.36. The molecule has 4 N–H and O–H groups in total. The van der Waals surface area contributed by atoms with Gasteiger partial charge in [-0.15, -0.1) is 12.4 Å². The van der Waals surface area contributed by atoms with Gasteiger partial charge in [0.05, 0.1) is 11.8 Å². The van der Waals surface area contributed by atoms with Crippen molar-refractivity contribution in [3.8, 4) is 0 Å². The molecule has 1 aromatic carbocycles. The summed E-state index contributed by atoms with van der Waals surface area (Å²) in [7, 11) is 0. The Morgan fingerprint density at radius 1 is 1.05 bits per heavy atom. The summed E-state index contributed by atoms with van der Waals surface area (Å²) in [6, 6.07) is 10.1. The third kappa shape index (κ3) is 3.95. The Labute approximate surface area is 124 Å². The van der Waals surface area contributed by atoms with Crippen LogP contribution in [0.5, 0.6) is 0 Å². The molecule has 0 radical (unpaired) electrons. The Morgan fingerprint density at radius 2 is 1.55 bits per heavy atom. The first-order valence-corrected chi connectivity index (χ1v) is 6.43. The molecule has 0 saturated carbocycles. The number of hydrogen-bond acceptors (Lipinski definition) is 3. The lowest BCUT2D eigenvalue weighted by Gasteiger charge is -2.14. The van der Waals surface area contributed by atoms with Crippen molar-refractivity contribution in [2.45, 2.75) is 6.42 Å². The normalized spacial score (nSPS) is 22.2. The molecule has 2 amide bonds. The predicted molar refractivity (Wildman–Crippen MR) is 79.2 cm³/mol. The summed E-state index contributed by atoms with van der Waals surface area (Å²) in [5.74, 6) is -1.78. The van der Waals surface area contributed by atoms with Crippen molar-refractivity contribution in [3.05, 3.63) is 35.9 Å². The number of nitrogens with two attached hydrogens (primary N) is 2. The Balaban J connectivity index is 0.00000200. The predicted octanol–water partition coefficient (Wildman–Crippen LogP) is 0.169. The van der Waals surface area contributed by atoms with Crippen LogP contribution < -0.4 is 11.5 Å². The van der Waals surface area contributed by atoms with Gasteiger partial charge in [-0.3, -0.25) is 9.59 Å². The summed E-state index contributed by atoms with van der Waals surface area (Å²) >= 11 is 0. The van der Waals surface area contributed by atoms with E-state index in [1.54, 1.807) is 0 Å². The second-order valence-corrected chi connectivity index (χ2v) is 5.01. The molecule has 0 aromatic heterocycles. The Bertz CT molecular complexity index is 445. The standard InChI is InChI=1S/C14H19N3O2.ClH/c15-13(18)11-8-17(9-12(11)14(16)19)7-6-10-4-2-1-3-5-10;/h1-5,11-12H,6-9H2,(H2,15,18)(H2,16,19);1H. The monoisotopic (exact) mass is 297 g/mol. The van der Waals surface area contributed by atoms with Crippen molar-refractivity contribution in [2.75, 3.05) is 19.6 Å². The number of benzene rings is 1. The van der Waals surface area contributed by atoms with E-state index < -0.39 is 23.7 Å². The first-order chi connectivity index (χ1) is 9.08. The number of nitrogens with zero attached hydrogens (tertiary/aromatic N) is 1. The molecule has 2 unspecified atom stereocenters. The van der Waals surface area contributed by atoms with Gasteiger partial charge in [-0.05, 0) is 12.0 Å². The van der Waals surface area contributed by atoms with Crippen LogP contribution in [0.15, 0.2) is 30.3 Å². The van der Waals surface area contributed by atoms with Gasteiger partial charge in [0, 0.05) is 19.6 Å². The molecule has 2 atom stereocenters. The van der Waals surface area contributed by atoms with Gasteiger partial charge in [0.1, 0.15) is 0 Å². The maximum Gasteiger partial charge on any atom is 0.222 e. The maximum absolute atomic E-state index is 11.3. The average Bonchev–Trinajstić information content (AvgIpc) is 2.82. The summed E-state index contributed by atoms with van der Waals surface area (Å²) in [5.41, 5.74) is 11.9. The highest BCUT2D eigenvalue weighted by Gasteiger charge is 2.39. The van der Waals surface area contributed by atoms with Crippen molar-refractivity contribution >= 4 is 24.2 Å². The molecular formula is C14H20ClN3O2. The third-order valence-corrected chi connectivity index (χ3v) is 3.69. The number of carbonyl (C=O) groups excluding carboxylic acids is 2. The molecule has 1 aliphatic heterocycles. The number of primary amides is 2. The zero-order valence-electron chi connectivity index (χ0n) is 11.2. The zero-order chi connectivity index (χ0) is 13.8. The molecule has 6 heteroatoms. The average molecular weight is 298 g/mol. The van der Waals surface area contributed by atoms with Crippen LogP contribution in [-0.4, -0.2) is 36.3 Å². The molecule has 110 valence electrons. The van der Waals surface area contributed by atoms with Crippen LogP contribution >= 0.6 is 12.4 Å². The number of carbonyl (C=O) groups is 2. The molecule has 0 bridgehead atoms. The van der Waals surface area contributed by atoms with Gasteiger partial charge in [-0.25, -0.2) is 0 Å². The first kappa shape index (κ1) is 16.5. The molecule has 1 saturated heterocycles. The topological polar surface area (TPSA) is 89.4 Å². The van der Waals surface area contributed by atoms with Crippen LogP contribution in [0.2, 0.25) is 0 Å². The Hall–Kier alpha value is -1.59. The first-order valence-electron chi connectivity index (χ1n) is 6.43. The van der Waals surface area contributed by atoms with E-state index in [1.807, 2.05) is 18.2 Å². The van der Waals surface area contributed by atoms with Gasteiger partial charge in [0.25, 0.3) is 0 Å². The van der Waals surface area contributed by atoms with Crippen LogP contribution in [0, 0.1) is 11.8 Å². The third-order valence-electron chi connectivity index (χ3n) is 3.69. The van der Waals surface area contributed by atoms with E-state index in [0.29, 0.717) is 13.1 Å². The molecule has 1 heterocycles. The van der Waals surface area contributed by atoms with Crippen molar-refractivity contribution in [1.82, 2.24) is 4.90 Å². The van der Waals surface area contributed by atoms with Gasteiger partial charge < -0.3 is 16.4 Å². The molecule has 1 aliphatic rings. The van der Waals surface area contributed by atoms with E-state index in [-0.39, 0.29) is 12.4 Å². The van der Waals surface area contributed by atoms with Crippen LogP contribution in [0.25, 0.3) is 0 Å². The van der Waals surface area contributed by atoms with Gasteiger partial charge in [0.15, 0.2) is 0 Å². The van der Waals surface area contributed by atoms with Gasteiger partial charge >= 0.3 is 0 Å². The molecule has 0 aliphatic carbocycles. The summed E-state index contributed by atoms with van der Waals surface area (Å²) in [5, 5.41) is 0. The number of halogens is 1. The highest BCUT2D eigenvalue weighted by atomic mass is 35.5. The minimum atomic E-state index is -0.451. The van der Waals surface area contributed by atoms with Gasteiger partial charge in [0.2, 0.25) is 11.8 Å². The highest BCUT2D eigenvalue weighted by Crippen LogP contribution is 2.23. The van der Waals surface area contributed by atoms with Crippen LogP contribution in [0.1, 0.15) is 5.56 Å². The van der Waals surface area contributed by atoms with E-state index >= 15 is 0 Å². The zero-order valence-corrected chi connectivity index (χ0v) is 12.0. The van der Waals surface area contributed by atoms with Crippen LogP contribution in [0.4, 0.5) is 0 Å². The Morgan fingerprint density at radius 3 is 2.00 bits per heavy atom. The van der Waals surface area contributed by atoms with Crippen molar-refractivity contribution in [2.24, 2.45) is 23.3 Å². The largest absolute Gasteiger partial charge is 0.369 e. The summed E-state index contributed by atoms with van der Waals surface area (Å²) in [6.45, 7) is 1.85. The summed E-state index contributed by atoms with van der Waals surface area (Å²) in [6.07, 6.45) is 0.887. The highest BCUT2D eigenvalue weighted by molar-refractivity contribution is 5.87. The van der Waals surface area contributed by atoms with Crippen molar-refractivity contribution in [3.63, 3.8) is 0 Å². The molecular weight excluding hydrogens is 278 g/mol. The van der Waals surface area contributed by atoms with Crippen LogP contribution in [0.3, 0.4) is 0 Å². The van der Waals surface area contributed by atoms with E-state index in [4.69, 9.17) is 11.5 Å². The summed E-state index contributed by atoms with van der Waals surface area (Å²) in [4.78, 5) is 24.7. The quantitative estimate of drug-likeness (QED) is 0.812. The van der Waals surface area contributed by atoms with E-state index in [1.165, 1.54) is 5.56 Å². The number of hydrogen-bond donors (Lipinski definition) is 2. The SMILES string of the molecule is Cl.NC(=O)C1CN(CCc2ccccc2)CC1C(N)=O. The van der Waals surface area contributed by atoms with E-state index in [2.05, 4.69) is 17.0 Å². The second kappa shape index (κ2) is 7.26. The molecule has 5 nitrogen and oxygen atoms in total. The van der Waals surface area contributed by atoms with Crippen LogP contribution in [-0.2, 0) is 16.0 Å². The number of likely N-dealkylation sites (tertiary alicyclic amines) is 1. The van der Waals surface area contributed by atoms with Crippen molar-refractivity contribution < 1.29 is 9.59 Å². The molecule has 2 rings (SSSR count). The van der Waals surface area contributed by atoms with E-state index in [0.717, 1.165) is 13.0 Å². The molecule has 20 heavy (non-hydrogen) atoms. The molecule has 1 fully saturated rings. The fraction of sp³-hybridized carbons (Fsp3) is 0.429. The fourth-order valence-corrected chi connectivity index (χ4v) is 2.58. The smallest absolute Gasteiger partial charge is 0.222 e. The van der Waals surface area contributed by atoms with Crippen molar-refractivity contribution in [1.29, 1.82) is 0 Å².